The number of hydrogen-bond donors (Lipinski definition) is 1. The van der Waals surface area contributed by atoms with E-state index < -0.39 is 0 Å². The summed E-state index contributed by atoms with van der Waals surface area (Å²) in [6.45, 7) is 1.80. The lowest BCUT2D eigenvalue weighted by molar-refractivity contribution is -0.117. The highest BCUT2D eigenvalue weighted by molar-refractivity contribution is 7.98. The number of rotatable bonds is 4. The second kappa shape index (κ2) is 7.22. The molecule has 1 aromatic carbocycles. The SMILES string of the molecule is CSc1ccc(C(=C[C@H]2CCC(=O)C2)c2ccc(C)c(=O)[nH]2)cc1. The van der Waals surface area contributed by atoms with E-state index in [1.807, 2.05) is 18.4 Å². The zero-order valence-electron chi connectivity index (χ0n) is 14.0. The number of pyridine rings is 1. The van der Waals surface area contributed by atoms with Crippen LogP contribution in [0.5, 0.6) is 0 Å². The van der Waals surface area contributed by atoms with E-state index in [0.29, 0.717) is 24.2 Å². The summed E-state index contributed by atoms with van der Waals surface area (Å²) in [5.74, 6) is 0.572. The number of Topliss-reactive ketones (excluding diaryl/α,β-unsaturated/α-hetero) is 1. The number of aryl methyl sites for hydroxylation is 1. The van der Waals surface area contributed by atoms with Gasteiger partial charge >= 0.3 is 0 Å². The maximum absolute atomic E-state index is 12.0. The molecule has 0 saturated heterocycles. The summed E-state index contributed by atoms with van der Waals surface area (Å²) < 4.78 is 0. The summed E-state index contributed by atoms with van der Waals surface area (Å²) in [5.41, 5.74) is 3.50. The first kappa shape index (κ1) is 16.8. The lowest BCUT2D eigenvalue weighted by Gasteiger charge is -2.12. The predicted octanol–water partition coefficient (Wildman–Crippen LogP) is 4.21. The maximum Gasteiger partial charge on any atom is 0.251 e. The van der Waals surface area contributed by atoms with E-state index in [1.54, 1.807) is 18.7 Å². The van der Waals surface area contributed by atoms with Crippen LogP contribution >= 0.6 is 11.8 Å². The summed E-state index contributed by atoms with van der Waals surface area (Å²) in [5, 5.41) is 0. The predicted molar refractivity (Wildman–Crippen MR) is 99.4 cm³/mol. The van der Waals surface area contributed by atoms with Crippen molar-refractivity contribution in [3.63, 3.8) is 0 Å². The van der Waals surface area contributed by atoms with E-state index in [1.165, 1.54) is 4.90 Å². The Morgan fingerprint density at radius 2 is 1.92 bits per heavy atom. The highest BCUT2D eigenvalue weighted by atomic mass is 32.2. The number of thioether (sulfide) groups is 1. The smallest absolute Gasteiger partial charge is 0.251 e. The Labute approximate surface area is 146 Å². The molecule has 0 radical (unpaired) electrons. The van der Waals surface area contributed by atoms with Gasteiger partial charge in [-0.2, -0.15) is 0 Å². The Bertz CT molecular complexity index is 833. The van der Waals surface area contributed by atoms with Gasteiger partial charge in [-0.25, -0.2) is 0 Å². The highest BCUT2D eigenvalue weighted by Crippen LogP contribution is 2.30. The number of H-pyrrole nitrogens is 1. The lowest BCUT2D eigenvalue weighted by Crippen LogP contribution is -2.11. The number of aromatic nitrogens is 1. The Morgan fingerprint density at radius 3 is 2.50 bits per heavy atom. The topological polar surface area (TPSA) is 49.9 Å². The van der Waals surface area contributed by atoms with Gasteiger partial charge in [0.1, 0.15) is 5.78 Å². The van der Waals surface area contributed by atoms with Gasteiger partial charge in [0.2, 0.25) is 0 Å². The van der Waals surface area contributed by atoms with Crippen molar-refractivity contribution in [2.24, 2.45) is 5.92 Å². The average molecular weight is 339 g/mol. The fraction of sp³-hybridized carbons (Fsp3) is 0.300. The van der Waals surface area contributed by atoms with Crippen molar-refractivity contribution < 1.29 is 4.79 Å². The molecular weight excluding hydrogens is 318 g/mol. The largest absolute Gasteiger partial charge is 0.322 e. The Kier molecular flexibility index (Phi) is 5.05. The van der Waals surface area contributed by atoms with Crippen molar-refractivity contribution in [1.29, 1.82) is 0 Å². The molecule has 124 valence electrons. The monoisotopic (exact) mass is 339 g/mol. The van der Waals surface area contributed by atoms with Crippen LogP contribution in [0.15, 0.2) is 52.2 Å². The van der Waals surface area contributed by atoms with Gasteiger partial charge in [-0.3, -0.25) is 9.59 Å². The second-order valence-electron chi connectivity index (χ2n) is 6.23. The van der Waals surface area contributed by atoms with E-state index in [0.717, 1.165) is 23.3 Å². The Hall–Kier alpha value is -2.07. The molecule has 1 fully saturated rings. The van der Waals surface area contributed by atoms with Crippen molar-refractivity contribution in [2.75, 3.05) is 6.26 Å². The van der Waals surface area contributed by atoms with Crippen molar-refractivity contribution in [3.05, 3.63) is 69.6 Å². The van der Waals surface area contributed by atoms with Gasteiger partial charge < -0.3 is 4.98 Å². The summed E-state index contributed by atoms with van der Waals surface area (Å²) in [4.78, 5) is 27.8. The fourth-order valence-corrected chi connectivity index (χ4v) is 3.44. The summed E-state index contributed by atoms with van der Waals surface area (Å²) in [6, 6.07) is 12.1. The molecule has 1 N–H and O–H groups in total. The number of carbonyl (C=O) groups is 1. The Balaban J connectivity index is 2.05. The van der Waals surface area contributed by atoms with Gasteiger partial charge in [0.25, 0.3) is 5.56 Å². The van der Waals surface area contributed by atoms with Gasteiger partial charge in [0.15, 0.2) is 0 Å². The van der Waals surface area contributed by atoms with Crippen molar-refractivity contribution in [2.45, 2.75) is 31.1 Å². The number of hydrogen-bond acceptors (Lipinski definition) is 3. The number of allylic oxidation sites excluding steroid dienone is 1. The van der Waals surface area contributed by atoms with Crippen LogP contribution in [0.3, 0.4) is 0 Å². The van der Waals surface area contributed by atoms with Crippen molar-refractivity contribution in [1.82, 2.24) is 4.98 Å². The second-order valence-corrected chi connectivity index (χ2v) is 7.11. The molecule has 0 spiro atoms. The minimum Gasteiger partial charge on any atom is -0.322 e. The van der Waals surface area contributed by atoms with Gasteiger partial charge in [0.05, 0.1) is 0 Å². The molecule has 3 nitrogen and oxygen atoms in total. The normalized spacial score (nSPS) is 18.2. The lowest BCUT2D eigenvalue weighted by atomic mass is 9.96. The van der Waals surface area contributed by atoms with Crippen LogP contribution in [0.1, 0.15) is 36.1 Å². The minimum absolute atomic E-state index is 0.0679. The summed E-state index contributed by atoms with van der Waals surface area (Å²) in [6.07, 6.45) is 6.35. The fourth-order valence-electron chi connectivity index (χ4n) is 3.04. The van der Waals surface area contributed by atoms with Gasteiger partial charge in [-0.05, 0) is 49.3 Å². The van der Waals surface area contributed by atoms with Gasteiger partial charge in [-0.15, -0.1) is 11.8 Å². The molecular formula is C20H21NO2S. The van der Waals surface area contributed by atoms with E-state index in [9.17, 15) is 9.59 Å². The zero-order chi connectivity index (χ0) is 17.1. The van der Waals surface area contributed by atoms with Crippen LogP contribution < -0.4 is 5.56 Å². The van der Waals surface area contributed by atoms with Crippen LogP contribution in [0, 0.1) is 12.8 Å². The molecule has 2 aromatic rings. The van der Waals surface area contributed by atoms with Crippen LogP contribution in [-0.4, -0.2) is 17.0 Å². The molecule has 1 aliphatic rings. The van der Waals surface area contributed by atoms with E-state index in [2.05, 4.69) is 35.3 Å². The van der Waals surface area contributed by atoms with Crippen LogP contribution in [0.2, 0.25) is 0 Å². The number of nitrogens with one attached hydrogen (secondary N) is 1. The van der Waals surface area contributed by atoms with Gasteiger partial charge in [-0.1, -0.05) is 24.3 Å². The molecule has 24 heavy (non-hydrogen) atoms. The Morgan fingerprint density at radius 1 is 1.17 bits per heavy atom. The molecule has 3 rings (SSSR count). The molecule has 1 heterocycles. The quantitative estimate of drug-likeness (QED) is 0.849. The minimum atomic E-state index is -0.0679. The molecule has 1 saturated carbocycles. The van der Waals surface area contributed by atoms with Crippen LogP contribution in [-0.2, 0) is 4.79 Å². The number of ketones is 1. The van der Waals surface area contributed by atoms with E-state index in [-0.39, 0.29) is 11.5 Å². The first-order valence-corrected chi connectivity index (χ1v) is 9.37. The van der Waals surface area contributed by atoms with Crippen molar-refractivity contribution in [3.8, 4) is 0 Å². The third kappa shape index (κ3) is 3.70. The highest BCUT2D eigenvalue weighted by Gasteiger charge is 2.21. The molecule has 4 heteroatoms. The van der Waals surface area contributed by atoms with E-state index >= 15 is 0 Å². The van der Waals surface area contributed by atoms with Crippen molar-refractivity contribution >= 4 is 23.1 Å². The first-order chi connectivity index (χ1) is 11.6. The molecule has 0 amide bonds. The van der Waals surface area contributed by atoms with Crippen LogP contribution in [0.4, 0.5) is 0 Å². The summed E-state index contributed by atoms with van der Waals surface area (Å²) in [7, 11) is 0. The third-order valence-corrected chi connectivity index (χ3v) is 5.23. The first-order valence-electron chi connectivity index (χ1n) is 8.15. The molecule has 1 atom stereocenters. The number of aromatic amines is 1. The maximum atomic E-state index is 12.0. The standard InChI is InChI=1S/C20H21NO2S/c1-13-3-10-19(21-20(13)23)18(12-14-4-7-16(22)11-14)15-5-8-17(24-2)9-6-15/h3,5-6,8-10,12,14H,4,7,11H2,1-2H3,(H,21,23)/t14-/m0/s1. The van der Waals surface area contributed by atoms with Gasteiger partial charge in [0, 0.05) is 34.6 Å². The average Bonchev–Trinajstić information content (AvgIpc) is 3.00. The molecule has 0 aliphatic heterocycles. The number of benzene rings is 1. The molecule has 0 unspecified atom stereocenters. The van der Waals surface area contributed by atoms with E-state index in [4.69, 9.17) is 0 Å². The molecule has 0 bridgehead atoms. The molecule has 1 aliphatic carbocycles. The number of carbonyl (C=O) groups excluding carboxylic acids is 1. The zero-order valence-corrected chi connectivity index (χ0v) is 14.8. The molecule has 1 aromatic heterocycles. The summed E-state index contributed by atoms with van der Waals surface area (Å²) >= 11 is 1.70. The van der Waals surface area contributed by atoms with Crippen LogP contribution in [0.25, 0.3) is 5.57 Å². The third-order valence-electron chi connectivity index (χ3n) is 4.48.